The molecule has 0 amide bonds. The third-order valence-electron chi connectivity index (χ3n) is 2.80. The van der Waals surface area contributed by atoms with Gasteiger partial charge in [-0.25, -0.2) is 0 Å². The SMILES string of the molecule is CNc1nc(NC2CCOC2)c2cn[nH]c2n1. The van der Waals surface area contributed by atoms with E-state index in [1.165, 1.54) is 0 Å². The van der Waals surface area contributed by atoms with E-state index in [0.29, 0.717) is 12.0 Å². The molecule has 7 nitrogen and oxygen atoms in total. The van der Waals surface area contributed by atoms with Gasteiger partial charge in [0.25, 0.3) is 0 Å². The Morgan fingerprint density at radius 1 is 1.47 bits per heavy atom. The average molecular weight is 234 g/mol. The molecule has 0 saturated carbocycles. The molecule has 90 valence electrons. The Hall–Kier alpha value is -1.89. The molecule has 3 rings (SSSR count). The standard InChI is InChI=1S/C10H14N6O/c1-11-10-14-8(13-6-2-3-17-5-6)7-4-12-16-9(7)15-10/h4,6H,2-3,5H2,1H3,(H3,11,12,13,14,15,16). The van der Waals surface area contributed by atoms with Crippen LogP contribution in [0.1, 0.15) is 6.42 Å². The van der Waals surface area contributed by atoms with Crippen LogP contribution in [0.2, 0.25) is 0 Å². The number of aromatic nitrogens is 4. The Kier molecular flexibility index (Phi) is 2.52. The largest absolute Gasteiger partial charge is 0.379 e. The van der Waals surface area contributed by atoms with Crippen molar-refractivity contribution in [2.75, 3.05) is 30.9 Å². The zero-order valence-corrected chi connectivity index (χ0v) is 9.53. The molecular formula is C10H14N6O. The van der Waals surface area contributed by atoms with Crippen LogP contribution in [0.4, 0.5) is 11.8 Å². The zero-order valence-electron chi connectivity index (χ0n) is 9.53. The first-order chi connectivity index (χ1) is 8.36. The summed E-state index contributed by atoms with van der Waals surface area (Å²) in [5.41, 5.74) is 0.728. The quantitative estimate of drug-likeness (QED) is 0.720. The first-order valence-electron chi connectivity index (χ1n) is 5.60. The van der Waals surface area contributed by atoms with Crippen molar-refractivity contribution in [2.24, 2.45) is 0 Å². The highest BCUT2D eigenvalue weighted by molar-refractivity contribution is 5.87. The molecule has 3 N–H and O–H groups in total. The number of nitrogens with zero attached hydrogens (tertiary/aromatic N) is 3. The van der Waals surface area contributed by atoms with E-state index in [9.17, 15) is 0 Å². The van der Waals surface area contributed by atoms with Crippen LogP contribution < -0.4 is 10.6 Å². The Morgan fingerprint density at radius 3 is 3.18 bits per heavy atom. The maximum Gasteiger partial charge on any atom is 0.226 e. The van der Waals surface area contributed by atoms with Gasteiger partial charge in [-0.15, -0.1) is 0 Å². The van der Waals surface area contributed by atoms with Gasteiger partial charge in [0.15, 0.2) is 5.65 Å². The van der Waals surface area contributed by atoms with Crippen molar-refractivity contribution >= 4 is 22.8 Å². The molecule has 3 heterocycles. The van der Waals surface area contributed by atoms with E-state index in [-0.39, 0.29) is 0 Å². The number of hydrogen-bond acceptors (Lipinski definition) is 6. The number of anilines is 2. The van der Waals surface area contributed by atoms with Crippen LogP contribution in [0.15, 0.2) is 6.20 Å². The fourth-order valence-electron chi connectivity index (χ4n) is 1.90. The van der Waals surface area contributed by atoms with Gasteiger partial charge in [0.1, 0.15) is 5.82 Å². The molecule has 1 unspecified atom stereocenters. The topological polar surface area (TPSA) is 87.8 Å². The Labute approximate surface area is 98.0 Å². The zero-order chi connectivity index (χ0) is 11.7. The summed E-state index contributed by atoms with van der Waals surface area (Å²) in [5, 5.41) is 14.0. The minimum Gasteiger partial charge on any atom is -0.379 e. The number of nitrogens with one attached hydrogen (secondary N) is 3. The maximum atomic E-state index is 5.33. The van der Waals surface area contributed by atoms with Crippen LogP contribution in [0.3, 0.4) is 0 Å². The van der Waals surface area contributed by atoms with Crippen molar-refractivity contribution in [3.05, 3.63) is 6.20 Å². The molecular weight excluding hydrogens is 220 g/mol. The number of aromatic amines is 1. The molecule has 1 aliphatic rings. The lowest BCUT2D eigenvalue weighted by Gasteiger charge is -2.12. The maximum absolute atomic E-state index is 5.33. The lowest BCUT2D eigenvalue weighted by Crippen LogP contribution is -2.20. The summed E-state index contributed by atoms with van der Waals surface area (Å²) >= 11 is 0. The predicted octanol–water partition coefficient (Wildman–Crippen LogP) is 0.595. The van der Waals surface area contributed by atoms with Gasteiger partial charge < -0.3 is 15.4 Å². The molecule has 1 atom stereocenters. The third-order valence-corrected chi connectivity index (χ3v) is 2.80. The number of fused-ring (bicyclic) bond motifs is 1. The summed E-state index contributed by atoms with van der Waals surface area (Å²) in [4.78, 5) is 8.68. The molecule has 0 aliphatic carbocycles. The van der Waals surface area contributed by atoms with Gasteiger partial charge in [-0.1, -0.05) is 0 Å². The summed E-state index contributed by atoms with van der Waals surface area (Å²) in [6.45, 7) is 1.52. The second-order valence-corrected chi connectivity index (χ2v) is 3.98. The fourth-order valence-corrected chi connectivity index (χ4v) is 1.90. The van der Waals surface area contributed by atoms with Crippen molar-refractivity contribution in [1.29, 1.82) is 0 Å². The van der Waals surface area contributed by atoms with Crippen LogP contribution in [-0.4, -0.2) is 46.5 Å². The lowest BCUT2D eigenvalue weighted by molar-refractivity contribution is 0.195. The first-order valence-corrected chi connectivity index (χ1v) is 5.60. The van der Waals surface area contributed by atoms with Crippen molar-refractivity contribution in [3.63, 3.8) is 0 Å². The molecule has 0 radical (unpaired) electrons. The van der Waals surface area contributed by atoms with Gasteiger partial charge in [0.2, 0.25) is 5.95 Å². The number of rotatable bonds is 3. The highest BCUT2D eigenvalue weighted by Gasteiger charge is 2.18. The molecule has 2 aromatic heterocycles. The van der Waals surface area contributed by atoms with E-state index in [2.05, 4.69) is 30.8 Å². The van der Waals surface area contributed by atoms with Crippen LogP contribution in [0, 0.1) is 0 Å². The molecule has 1 fully saturated rings. The van der Waals surface area contributed by atoms with Crippen LogP contribution >= 0.6 is 0 Å². The van der Waals surface area contributed by atoms with Gasteiger partial charge in [-0.05, 0) is 6.42 Å². The molecule has 1 aliphatic heterocycles. The lowest BCUT2D eigenvalue weighted by atomic mass is 10.2. The van der Waals surface area contributed by atoms with Crippen molar-refractivity contribution < 1.29 is 4.74 Å². The normalized spacial score (nSPS) is 19.7. The second-order valence-electron chi connectivity index (χ2n) is 3.98. The Balaban J connectivity index is 1.97. The monoisotopic (exact) mass is 234 g/mol. The number of hydrogen-bond donors (Lipinski definition) is 3. The molecule has 1 saturated heterocycles. The predicted molar refractivity (Wildman–Crippen MR) is 64.1 cm³/mol. The van der Waals surface area contributed by atoms with Gasteiger partial charge in [0, 0.05) is 13.7 Å². The summed E-state index contributed by atoms with van der Waals surface area (Å²) in [6, 6.07) is 0.313. The summed E-state index contributed by atoms with van der Waals surface area (Å²) < 4.78 is 5.33. The van der Waals surface area contributed by atoms with Crippen molar-refractivity contribution in [1.82, 2.24) is 20.2 Å². The summed E-state index contributed by atoms with van der Waals surface area (Å²) in [7, 11) is 1.79. The number of ether oxygens (including phenoxy) is 1. The fraction of sp³-hybridized carbons (Fsp3) is 0.500. The Bertz CT molecular complexity index is 518. The van der Waals surface area contributed by atoms with E-state index in [1.807, 2.05) is 0 Å². The van der Waals surface area contributed by atoms with Gasteiger partial charge in [-0.2, -0.15) is 15.1 Å². The minimum atomic E-state index is 0.313. The van der Waals surface area contributed by atoms with Gasteiger partial charge >= 0.3 is 0 Å². The molecule has 0 spiro atoms. The van der Waals surface area contributed by atoms with Crippen LogP contribution in [0.25, 0.3) is 11.0 Å². The molecule has 17 heavy (non-hydrogen) atoms. The van der Waals surface area contributed by atoms with Crippen LogP contribution in [-0.2, 0) is 4.74 Å². The smallest absolute Gasteiger partial charge is 0.226 e. The first kappa shape index (κ1) is 10.3. The third kappa shape index (κ3) is 1.89. The van der Waals surface area contributed by atoms with Gasteiger partial charge in [-0.3, -0.25) is 5.10 Å². The highest BCUT2D eigenvalue weighted by atomic mass is 16.5. The van der Waals surface area contributed by atoms with E-state index < -0.39 is 0 Å². The average Bonchev–Trinajstić information content (AvgIpc) is 2.98. The van der Waals surface area contributed by atoms with Crippen molar-refractivity contribution in [3.8, 4) is 0 Å². The molecule has 0 aromatic carbocycles. The van der Waals surface area contributed by atoms with E-state index in [1.54, 1.807) is 13.2 Å². The van der Waals surface area contributed by atoms with E-state index in [0.717, 1.165) is 36.5 Å². The second kappa shape index (κ2) is 4.17. The van der Waals surface area contributed by atoms with Gasteiger partial charge in [0.05, 0.1) is 24.2 Å². The Morgan fingerprint density at radius 2 is 2.41 bits per heavy atom. The van der Waals surface area contributed by atoms with E-state index >= 15 is 0 Å². The summed E-state index contributed by atoms with van der Waals surface area (Å²) in [5.74, 6) is 1.37. The molecule has 0 bridgehead atoms. The van der Waals surface area contributed by atoms with Crippen LogP contribution in [0.5, 0.6) is 0 Å². The highest BCUT2D eigenvalue weighted by Crippen LogP contribution is 2.21. The molecule has 7 heteroatoms. The minimum absolute atomic E-state index is 0.313. The van der Waals surface area contributed by atoms with E-state index in [4.69, 9.17) is 4.74 Å². The van der Waals surface area contributed by atoms with Crippen molar-refractivity contribution in [2.45, 2.75) is 12.5 Å². The number of H-pyrrole nitrogens is 1. The molecule has 2 aromatic rings. The summed E-state index contributed by atoms with van der Waals surface area (Å²) in [6.07, 6.45) is 2.73.